The normalized spacial score (nSPS) is 19.5. The minimum atomic E-state index is -5.00. The number of carbonyl (C=O) groups is 1. The fraction of sp³-hybridized carbons (Fsp3) is 0.476. The Hall–Kier alpha value is -2.85. The average Bonchev–Trinajstić information content (AvgIpc) is 2.70. The van der Waals surface area contributed by atoms with Crippen LogP contribution in [0.2, 0.25) is 0 Å². The Morgan fingerprint density at radius 3 is 1.94 bits per heavy atom. The highest BCUT2D eigenvalue weighted by Crippen LogP contribution is 2.36. The second-order valence-corrected chi connectivity index (χ2v) is 7.92. The molecule has 3 rings (SSSR count). The Labute approximate surface area is 180 Å². The van der Waals surface area contributed by atoms with Crippen LogP contribution in [0.25, 0.3) is 0 Å². The Bertz CT molecular complexity index is 949. The SMILES string of the molecule is Cc1cnc(NC2CCC(NC(=O)c3cc(C(F)(F)F)cc(C(F)(F)F)c3)CC2)nc1C. The van der Waals surface area contributed by atoms with Crippen molar-refractivity contribution in [1.29, 1.82) is 0 Å². The van der Waals surface area contributed by atoms with Crippen LogP contribution < -0.4 is 10.6 Å². The number of nitrogens with zero attached hydrogens (tertiary/aromatic N) is 2. The molecule has 1 heterocycles. The van der Waals surface area contributed by atoms with E-state index in [1.54, 1.807) is 6.20 Å². The molecule has 1 aliphatic carbocycles. The summed E-state index contributed by atoms with van der Waals surface area (Å²) in [5.41, 5.74) is -1.89. The zero-order chi connectivity index (χ0) is 23.7. The van der Waals surface area contributed by atoms with E-state index in [2.05, 4.69) is 20.6 Å². The molecule has 11 heteroatoms. The summed E-state index contributed by atoms with van der Waals surface area (Å²) in [6.45, 7) is 3.77. The van der Waals surface area contributed by atoms with E-state index < -0.39 is 35.0 Å². The lowest BCUT2D eigenvalue weighted by atomic mass is 9.91. The number of halogens is 6. The maximum Gasteiger partial charge on any atom is 0.416 e. The van der Waals surface area contributed by atoms with Crippen molar-refractivity contribution < 1.29 is 31.1 Å². The van der Waals surface area contributed by atoms with Crippen LogP contribution in [0.4, 0.5) is 32.3 Å². The van der Waals surface area contributed by atoms with E-state index in [1.165, 1.54) is 0 Å². The summed E-state index contributed by atoms with van der Waals surface area (Å²) in [5, 5.41) is 5.78. The highest BCUT2D eigenvalue weighted by Gasteiger charge is 2.37. The van der Waals surface area contributed by atoms with Crippen molar-refractivity contribution >= 4 is 11.9 Å². The molecular formula is C21H22F6N4O. The summed E-state index contributed by atoms with van der Waals surface area (Å²) in [7, 11) is 0. The van der Waals surface area contributed by atoms with Gasteiger partial charge in [0.25, 0.3) is 5.91 Å². The molecule has 0 bridgehead atoms. The van der Waals surface area contributed by atoms with E-state index in [4.69, 9.17) is 0 Å². The number of hydrogen-bond donors (Lipinski definition) is 2. The summed E-state index contributed by atoms with van der Waals surface area (Å²) in [4.78, 5) is 21.0. The first-order valence-corrected chi connectivity index (χ1v) is 10.00. The van der Waals surface area contributed by atoms with Gasteiger partial charge in [0.1, 0.15) is 0 Å². The van der Waals surface area contributed by atoms with Gasteiger partial charge in [-0.3, -0.25) is 4.79 Å². The van der Waals surface area contributed by atoms with Gasteiger partial charge in [-0.25, -0.2) is 9.97 Å². The van der Waals surface area contributed by atoms with E-state index in [-0.39, 0.29) is 18.2 Å². The summed E-state index contributed by atoms with van der Waals surface area (Å²) in [6.07, 6.45) is -6.00. The van der Waals surface area contributed by atoms with E-state index >= 15 is 0 Å². The molecule has 5 nitrogen and oxygen atoms in total. The molecule has 1 aromatic carbocycles. The molecule has 2 aromatic rings. The lowest BCUT2D eigenvalue weighted by Gasteiger charge is -2.30. The molecule has 0 radical (unpaired) electrons. The van der Waals surface area contributed by atoms with Gasteiger partial charge in [0.15, 0.2) is 0 Å². The Morgan fingerprint density at radius 2 is 1.44 bits per heavy atom. The van der Waals surface area contributed by atoms with Crippen molar-refractivity contribution in [2.45, 2.75) is 64.0 Å². The van der Waals surface area contributed by atoms with Crippen LogP contribution in [0.15, 0.2) is 24.4 Å². The molecule has 0 saturated heterocycles. The van der Waals surface area contributed by atoms with Crippen LogP contribution in [0, 0.1) is 13.8 Å². The molecule has 0 aliphatic heterocycles. The Kier molecular flexibility index (Phi) is 6.66. The van der Waals surface area contributed by atoms with Gasteiger partial charge >= 0.3 is 12.4 Å². The summed E-state index contributed by atoms with van der Waals surface area (Å²) in [6, 6.07) is 0.576. The third-order valence-electron chi connectivity index (χ3n) is 5.47. The van der Waals surface area contributed by atoms with Crippen LogP contribution in [0.1, 0.15) is 58.4 Å². The highest BCUT2D eigenvalue weighted by atomic mass is 19.4. The third-order valence-corrected chi connectivity index (χ3v) is 5.47. The van der Waals surface area contributed by atoms with E-state index in [9.17, 15) is 31.1 Å². The number of hydrogen-bond acceptors (Lipinski definition) is 4. The number of aryl methyl sites for hydroxylation is 2. The van der Waals surface area contributed by atoms with Crippen LogP contribution >= 0.6 is 0 Å². The van der Waals surface area contributed by atoms with Crippen LogP contribution in [0.3, 0.4) is 0 Å². The number of anilines is 1. The van der Waals surface area contributed by atoms with Crippen molar-refractivity contribution in [2.24, 2.45) is 0 Å². The van der Waals surface area contributed by atoms with Gasteiger partial charge in [0.2, 0.25) is 5.95 Å². The number of amides is 1. The predicted molar refractivity (Wildman–Crippen MR) is 105 cm³/mol. The number of carbonyl (C=O) groups excluding carboxylic acids is 1. The van der Waals surface area contributed by atoms with Crippen LogP contribution in [-0.4, -0.2) is 28.0 Å². The van der Waals surface area contributed by atoms with Gasteiger partial charge in [0, 0.05) is 29.5 Å². The van der Waals surface area contributed by atoms with Gasteiger partial charge in [0.05, 0.1) is 11.1 Å². The molecule has 1 aliphatic rings. The molecule has 0 atom stereocenters. The quantitative estimate of drug-likeness (QED) is 0.609. The fourth-order valence-corrected chi connectivity index (χ4v) is 3.52. The largest absolute Gasteiger partial charge is 0.416 e. The van der Waals surface area contributed by atoms with Crippen molar-refractivity contribution in [3.05, 3.63) is 52.3 Å². The lowest BCUT2D eigenvalue weighted by molar-refractivity contribution is -0.143. The van der Waals surface area contributed by atoms with Crippen LogP contribution in [-0.2, 0) is 12.4 Å². The molecular weight excluding hydrogens is 438 g/mol. The number of aromatic nitrogens is 2. The second-order valence-electron chi connectivity index (χ2n) is 7.92. The monoisotopic (exact) mass is 460 g/mol. The Balaban J connectivity index is 1.64. The first kappa shape index (κ1) is 23.8. The van der Waals surface area contributed by atoms with Gasteiger partial charge in [-0.2, -0.15) is 26.3 Å². The fourth-order valence-electron chi connectivity index (χ4n) is 3.52. The summed E-state index contributed by atoms with van der Waals surface area (Å²) in [5.74, 6) is -0.472. The summed E-state index contributed by atoms with van der Waals surface area (Å²) < 4.78 is 78.1. The smallest absolute Gasteiger partial charge is 0.351 e. The number of nitrogens with one attached hydrogen (secondary N) is 2. The standard InChI is InChI=1S/C21H22F6N4O/c1-11-10-28-19(29-12(11)2)31-17-5-3-16(4-6-17)30-18(32)13-7-14(20(22,23)24)9-15(8-13)21(25,26)27/h7-10,16-17H,3-6H2,1-2H3,(H,30,32)(H,28,29,31). The van der Waals surface area contributed by atoms with Gasteiger partial charge in [-0.05, 0) is 63.3 Å². The zero-order valence-corrected chi connectivity index (χ0v) is 17.4. The molecule has 0 unspecified atom stereocenters. The van der Waals surface area contributed by atoms with Crippen molar-refractivity contribution in [1.82, 2.24) is 15.3 Å². The van der Waals surface area contributed by atoms with Crippen molar-refractivity contribution in [3.8, 4) is 0 Å². The second kappa shape index (κ2) is 8.95. The first-order valence-electron chi connectivity index (χ1n) is 10.00. The van der Waals surface area contributed by atoms with Gasteiger partial charge in [-0.15, -0.1) is 0 Å². The molecule has 32 heavy (non-hydrogen) atoms. The van der Waals surface area contributed by atoms with Crippen molar-refractivity contribution in [2.75, 3.05) is 5.32 Å². The highest BCUT2D eigenvalue weighted by molar-refractivity contribution is 5.94. The van der Waals surface area contributed by atoms with E-state index in [1.807, 2.05) is 13.8 Å². The Morgan fingerprint density at radius 1 is 0.906 bits per heavy atom. The maximum absolute atomic E-state index is 13.0. The minimum absolute atomic E-state index is 0.00250. The topological polar surface area (TPSA) is 66.9 Å². The minimum Gasteiger partial charge on any atom is -0.351 e. The van der Waals surface area contributed by atoms with Crippen molar-refractivity contribution in [3.63, 3.8) is 0 Å². The van der Waals surface area contributed by atoms with Gasteiger partial charge < -0.3 is 10.6 Å². The summed E-state index contributed by atoms with van der Waals surface area (Å²) >= 11 is 0. The molecule has 1 fully saturated rings. The van der Waals surface area contributed by atoms with E-state index in [0.717, 1.165) is 11.3 Å². The average molecular weight is 460 g/mol. The molecule has 2 N–H and O–H groups in total. The number of rotatable bonds is 4. The lowest BCUT2D eigenvalue weighted by Crippen LogP contribution is -2.40. The number of benzene rings is 1. The molecule has 1 saturated carbocycles. The molecule has 1 amide bonds. The third kappa shape index (κ3) is 5.89. The van der Waals surface area contributed by atoms with E-state index in [0.29, 0.717) is 43.8 Å². The molecule has 174 valence electrons. The van der Waals surface area contributed by atoms with Crippen LogP contribution in [0.5, 0.6) is 0 Å². The number of alkyl halides is 6. The zero-order valence-electron chi connectivity index (χ0n) is 17.4. The predicted octanol–water partition coefficient (Wildman–Crippen LogP) is 5.28. The maximum atomic E-state index is 13.0. The van der Waals surface area contributed by atoms with Gasteiger partial charge in [-0.1, -0.05) is 0 Å². The molecule has 0 spiro atoms. The first-order chi connectivity index (χ1) is 14.8. The molecule has 1 aromatic heterocycles.